The third-order valence-corrected chi connectivity index (χ3v) is 7.07. The van der Waals surface area contributed by atoms with Crippen LogP contribution >= 0.6 is 11.3 Å². The molecule has 2 heterocycles. The van der Waals surface area contributed by atoms with Gasteiger partial charge in [0.15, 0.2) is 5.13 Å². The highest BCUT2D eigenvalue weighted by molar-refractivity contribution is 7.15. The number of piperidine rings is 1. The number of aromatic nitrogens is 1. The fourth-order valence-corrected chi connectivity index (χ4v) is 5.39. The maximum atomic E-state index is 13.9. The molecular formula is C27H32FN3O3S. The quantitative estimate of drug-likeness (QED) is 0.447. The lowest BCUT2D eigenvalue weighted by Crippen LogP contribution is -2.59. The zero-order valence-electron chi connectivity index (χ0n) is 20.1. The highest BCUT2D eigenvalue weighted by Crippen LogP contribution is 2.32. The summed E-state index contributed by atoms with van der Waals surface area (Å²) >= 11 is 1.34. The Hall–Kier alpha value is -2.81. The molecule has 2 N–H and O–H groups in total. The summed E-state index contributed by atoms with van der Waals surface area (Å²) in [7, 11) is 0. The third kappa shape index (κ3) is 6.87. The van der Waals surface area contributed by atoms with Crippen molar-refractivity contribution < 1.29 is 19.0 Å². The molecule has 3 aromatic rings. The Bertz CT molecular complexity index is 1120. The first kappa shape index (κ1) is 25.3. The Morgan fingerprint density at radius 1 is 1.26 bits per heavy atom. The summed E-state index contributed by atoms with van der Waals surface area (Å²) in [6.45, 7) is 5.40. The van der Waals surface area contributed by atoms with E-state index in [-0.39, 0.29) is 18.3 Å². The van der Waals surface area contributed by atoms with Crippen LogP contribution in [0, 0.1) is 11.7 Å². The Morgan fingerprint density at radius 2 is 2.00 bits per heavy atom. The lowest BCUT2D eigenvalue weighted by molar-refractivity contribution is -0.129. The molecule has 1 fully saturated rings. The summed E-state index contributed by atoms with van der Waals surface area (Å²) in [4.78, 5) is 19.9. The minimum Gasteiger partial charge on any atom is -0.486 e. The molecule has 1 amide bonds. The van der Waals surface area contributed by atoms with Crippen LogP contribution in [0.15, 0.2) is 60.8 Å². The van der Waals surface area contributed by atoms with Gasteiger partial charge in [-0.1, -0.05) is 50.2 Å². The number of likely N-dealkylation sites (tertiary alicyclic amines) is 1. The molecule has 8 heteroatoms. The van der Waals surface area contributed by atoms with Gasteiger partial charge in [-0.15, -0.1) is 11.3 Å². The number of amides is 1. The predicted octanol–water partition coefficient (Wildman–Crippen LogP) is 4.74. The fourth-order valence-electron chi connectivity index (χ4n) is 4.54. The number of benzene rings is 2. The monoisotopic (exact) mass is 497 g/mol. The van der Waals surface area contributed by atoms with E-state index in [2.05, 4.69) is 24.1 Å². The molecule has 2 aromatic carbocycles. The second-order valence-corrected chi connectivity index (χ2v) is 10.7. The number of nitrogens with one attached hydrogen (secondary N) is 1. The Labute approximate surface area is 209 Å². The van der Waals surface area contributed by atoms with E-state index in [9.17, 15) is 14.3 Å². The van der Waals surface area contributed by atoms with Gasteiger partial charge in [-0.05, 0) is 42.5 Å². The van der Waals surface area contributed by atoms with Crippen molar-refractivity contribution in [3.63, 3.8) is 0 Å². The van der Waals surface area contributed by atoms with Crippen LogP contribution in [0.25, 0.3) is 0 Å². The molecular weight excluding hydrogens is 465 g/mol. The summed E-state index contributed by atoms with van der Waals surface area (Å²) in [5.74, 6) is 0.599. The number of anilines is 1. The highest BCUT2D eigenvalue weighted by atomic mass is 32.1. The summed E-state index contributed by atoms with van der Waals surface area (Å²) in [6, 6.07) is 16.1. The van der Waals surface area contributed by atoms with Crippen molar-refractivity contribution in [2.24, 2.45) is 5.92 Å². The standard InChI is InChI=1S/C27H32FN3O3S/c1-19(2)15-27(33)12-13-31(17-24(27)34-21-9-4-3-5-10-21)18-25(32)30-26-29-16-22(35-26)14-20-8-6-7-11-23(20)28/h3-11,16,19,24,33H,12-15,17-18H2,1-2H3,(H,29,30,32)/t24-,27+/m0/s1. The van der Waals surface area contributed by atoms with Gasteiger partial charge in [-0.2, -0.15) is 0 Å². The molecule has 1 saturated heterocycles. The van der Waals surface area contributed by atoms with Crippen LogP contribution in [0.1, 0.15) is 37.1 Å². The van der Waals surface area contributed by atoms with Crippen molar-refractivity contribution >= 4 is 22.4 Å². The van der Waals surface area contributed by atoms with Crippen LogP contribution < -0.4 is 10.1 Å². The number of thiazole rings is 1. The van der Waals surface area contributed by atoms with E-state index in [0.717, 1.165) is 4.88 Å². The fraction of sp³-hybridized carbons (Fsp3) is 0.407. The van der Waals surface area contributed by atoms with Gasteiger partial charge in [0, 0.05) is 30.6 Å². The van der Waals surface area contributed by atoms with E-state index in [4.69, 9.17) is 4.74 Å². The predicted molar refractivity (Wildman–Crippen MR) is 136 cm³/mol. The zero-order chi connectivity index (χ0) is 24.8. The van der Waals surface area contributed by atoms with Gasteiger partial charge in [0.1, 0.15) is 23.3 Å². The first-order valence-corrected chi connectivity index (χ1v) is 12.8. The number of rotatable bonds is 9. The van der Waals surface area contributed by atoms with Crippen molar-refractivity contribution in [1.29, 1.82) is 0 Å². The number of carbonyl (C=O) groups is 1. The van der Waals surface area contributed by atoms with E-state index in [1.54, 1.807) is 24.4 Å². The zero-order valence-corrected chi connectivity index (χ0v) is 20.9. The molecule has 0 bridgehead atoms. The number of para-hydroxylation sites is 1. The van der Waals surface area contributed by atoms with E-state index in [1.807, 2.05) is 35.2 Å². The van der Waals surface area contributed by atoms with Crippen LogP contribution in [-0.4, -0.2) is 52.2 Å². The van der Waals surface area contributed by atoms with Crippen molar-refractivity contribution in [2.45, 2.75) is 44.8 Å². The smallest absolute Gasteiger partial charge is 0.240 e. The van der Waals surface area contributed by atoms with Gasteiger partial charge < -0.3 is 15.2 Å². The van der Waals surface area contributed by atoms with Gasteiger partial charge in [0.25, 0.3) is 0 Å². The Balaban J connectivity index is 1.36. The molecule has 1 aliphatic rings. The third-order valence-electron chi connectivity index (χ3n) is 6.16. The average Bonchev–Trinajstić information content (AvgIpc) is 3.24. The van der Waals surface area contributed by atoms with Gasteiger partial charge in [-0.25, -0.2) is 9.37 Å². The maximum Gasteiger partial charge on any atom is 0.240 e. The number of ether oxygens (including phenoxy) is 1. The SMILES string of the molecule is CC(C)C[C@]1(O)CCN(CC(=O)Nc2ncc(Cc3ccccc3F)s2)C[C@@H]1Oc1ccccc1. The molecule has 0 unspecified atom stereocenters. The first-order chi connectivity index (χ1) is 16.8. The van der Waals surface area contributed by atoms with Crippen molar-refractivity contribution in [3.05, 3.63) is 77.1 Å². The van der Waals surface area contributed by atoms with Crippen LogP contribution in [0.2, 0.25) is 0 Å². The molecule has 6 nitrogen and oxygen atoms in total. The van der Waals surface area contributed by atoms with E-state index in [0.29, 0.717) is 54.7 Å². The first-order valence-electron chi connectivity index (χ1n) is 11.9. The second kappa shape index (κ2) is 11.3. The van der Waals surface area contributed by atoms with Crippen LogP contribution in [0.5, 0.6) is 5.75 Å². The van der Waals surface area contributed by atoms with Crippen molar-refractivity contribution in [2.75, 3.05) is 25.0 Å². The Kier molecular flexibility index (Phi) is 8.15. The van der Waals surface area contributed by atoms with Crippen LogP contribution in [0.4, 0.5) is 9.52 Å². The minimum absolute atomic E-state index is 0.175. The summed E-state index contributed by atoms with van der Waals surface area (Å²) in [5.41, 5.74) is -0.353. The second-order valence-electron chi connectivity index (χ2n) is 9.55. The van der Waals surface area contributed by atoms with E-state index >= 15 is 0 Å². The van der Waals surface area contributed by atoms with Gasteiger partial charge in [0.2, 0.25) is 5.91 Å². The molecule has 1 aromatic heterocycles. The van der Waals surface area contributed by atoms with Crippen molar-refractivity contribution in [1.82, 2.24) is 9.88 Å². The summed E-state index contributed by atoms with van der Waals surface area (Å²) in [5, 5.41) is 14.8. The van der Waals surface area contributed by atoms with Gasteiger partial charge in [-0.3, -0.25) is 9.69 Å². The lowest BCUT2D eigenvalue weighted by Gasteiger charge is -2.44. The van der Waals surface area contributed by atoms with E-state index < -0.39 is 11.7 Å². The number of hydrogen-bond donors (Lipinski definition) is 2. The van der Waals surface area contributed by atoms with Gasteiger partial charge >= 0.3 is 0 Å². The topological polar surface area (TPSA) is 74.7 Å². The number of carbonyl (C=O) groups excluding carboxylic acids is 1. The van der Waals surface area contributed by atoms with E-state index in [1.165, 1.54) is 17.4 Å². The van der Waals surface area contributed by atoms with Gasteiger partial charge in [0.05, 0.1) is 6.54 Å². The number of halogens is 1. The molecule has 0 saturated carbocycles. The van der Waals surface area contributed by atoms with Crippen molar-refractivity contribution in [3.8, 4) is 5.75 Å². The number of hydrogen-bond acceptors (Lipinski definition) is 6. The molecule has 2 atom stereocenters. The molecule has 186 valence electrons. The maximum absolute atomic E-state index is 13.9. The normalized spacial score (nSPS) is 20.7. The minimum atomic E-state index is -0.950. The largest absolute Gasteiger partial charge is 0.486 e. The van der Waals surface area contributed by atoms with Crippen LogP contribution in [0.3, 0.4) is 0 Å². The molecule has 1 aliphatic heterocycles. The highest BCUT2D eigenvalue weighted by Gasteiger charge is 2.43. The Morgan fingerprint density at radius 3 is 2.74 bits per heavy atom. The number of aliphatic hydroxyl groups is 1. The summed E-state index contributed by atoms with van der Waals surface area (Å²) in [6.07, 6.45) is 2.82. The lowest BCUT2D eigenvalue weighted by atomic mass is 9.81. The molecule has 35 heavy (non-hydrogen) atoms. The summed E-state index contributed by atoms with van der Waals surface area (Å²) < 4.78 is 20.1. The average molecular weight is 498 g/mol. The molecule has 0 aliphatic carbocycles. The molecule has 4 rings (SSSR count). The van der Waals surface area contributed by atoms with Crippen LogP contribution in [-0.2, 0) is 11.2 Å². The number of nitrogens with zero attached hydrogens (tertiary/aromatic N) is 2. The molecule has 0 spiro atoms. The molecule has 0 radical (unpaired) electrons.